The molecule has 0 heterocycles. The lowest BCUT2D eigenvalue weighted by Crippen LogP contribution is -2.35. The quantitative estimate of drug-likeness (QED) is 0.214. The van der Waals surface area contributed by atoms with Crippen molar-refractivity contribution in [3.63, 3.8) is 0 Å². The van der Waals surface area contributed by atoms with Gasteiger partial charge in [0.15, 0.2) is 9.84 Å². The van der Waals surface area contributed by atoms with Gasteiger partial charge in [-0.2, -0.15) is 0 Å². The molecule has 0 fully saturated rings. The molecule has 2 N–H and O–H groups in total. The molecule has 0 saturated carbocycles. The molecule has 0 bridgehead atoms. The number of hydrogen-bond acceptors (Lipinski definition) is 8. The number of sulfone groups is 1. The van der Waals surface area contributed by atoms with E-state index in [1.54, 1.807) is 27.7 Å². The monoisotopic (exact) mass is 618 g/mol. The molecule has 2 atom stereocenters. The highest BCUT2D eigenvalue weighted by atomic mass is 32.2. The predicted molar refractivity (Wildman–Crippen MR) is 169 cm³/mol. The Morgan fingerprint density at radius 1 is 0.698 bits per heavy atom. The van der Waals surface area contributed by atoms with Gasteiger partial charge in [0.2, 0.25) is 0 Å². The van der Waals surface area contributed by atoms with Crippen LogP contribution in [-0.4, -0.2) is 41.1 Å². The van der Waals surface area contributed by atoms with Gasteiger partial charge in [0.25, 0.3) is 0 Å². The summed E-state index contributed by atoms with van der Waals surface area (Å²) >= 11 is 0. The Labute approximate surface area is 257 Å². The topological polar surface area (TPSA) is 127 Å². The fraction of sp³-hybridized carbons (Fsp3) is 0.588. The van der Waals surface area contributed by atoms with Gasteiger partial charge in [-0.15, -0.1) is 0 Å². The van der Waals surface area contributed by atoms with E-state index in [2.05, 4.69) is 0 Å². The first kappa shape index (κ1) is 36.1. The molecular weight excluding hydrogens is 568 g/mol. The maximum Gasteiger partial charge on any atom is 0.307 e. The van der Waals surface area contributed by atoms with Crippen molar-refractivity contribution in [2.24, 2.45) is 0 Å². The van der Waals surface area contributed by atoms with Gasteiger partial charge >= 0.3 is 11.9 Å². The van der Waals surface area contributed by atoms with Gasteiger partial charge in [-0.1, -0.05) is 53.7 Å². The van der Waals surface area contributed by atoms with Crippen molar-refractivity contribution in [3.05, 3.63) is 56.6 Å². The summed E-state index contributed by atoms with van der Waals surface area (Å²) in [5.74, 6) is -0.706. The molecule has 2 rings (SSSR count). The van der Waals surface area contributed by atoms with Crippen LogP contribution in [0, 0.1) is 27.7 Å². The van der Waals surface area contributed by atoms with E-state index in [4.69, 9.17) is 9.47 Å². The highest BCUT2D eigenvalue weighted by Gasteiger charge is 2.35. The van der Waals surface area contributed by atoms with E-state index in [0.717, 1.165) is 22.3 Å². The molecule has 43 heavy (non-hydrogen) atoms. The minimum absolute atomic E-state index is 0.0744. The van der Waals surface area contributed by atoms with Gasteiger partial charge in [0.1, 0.15) is 24.7 Å². The largest absolute Gasteiger partial charge is 0.507 e. The van der Waals surface area contributed by atoms with E-state index in [1.807, 2.05) is 53.7 Å². The van der Waals surface area contributed by atoms with Crippen LogP contribution < -0.4 is 0 Å². The van der Waals surface area contributed by atoms with Crippen LogP contribution in [0.2, 0.25) is 0 Å². The SMILES string of the molecule is CCC(CC(=O)OCc1c(C)cc(C(C)C)c(O)c1C)S(=O)(=O)C(CC)CC(=O)OCc1c(C)cc(C(C)C)c(O)c1C. The molecule has 2 aromatic rings. The van der Waals surface area contributed by atoms with Crippen LogP contribution >= 0.6 is 0 Å². The molecule has 0 aliphatic carbocycles. The standard InChI is InChI=1S/C34H50O8S/c1-11-25(15-31(35)41-17-29-21(7)13-27(19(3)4)33(37)23(29)9)43(39,40)26(12-2)16-32(36)42-18-30-22(8)14-28(20(5)6)34(38)24(30)10/h13-14,19-20,25-26,37-38H,11-12,15-18H2,1-10H3. The van der Waals surface area contributed by atoms with Crippen molar-refractivity contribution in [3.8, 4) is 11.5 Å². The lowest BCUT2D eigenvalue weighted by atomic mass is 9.93. The zero-order chi connectivity index (χ0) is 32.8. The maximum atomic E-state index is 13.5. The maximum absolute atomic E-state index is 13.5. The van der Waals surface area contributed by atoms with Crippen molar-refractivity contribution in [1.29, 1.82) is 0 Å². The number of carbonyl (C=O) groups excluding carboxylic acids is 2. The fourth-order valence-corrected chi connectivity index (χ4v) is 7.68. The zero-order valence-corrected chi connectivity index (χ0v) is 28.3. The Hall–Kier alpha value is -3.07. The van der Waals surface area contributed by atoms with Crippen LogP contribution in [0.5, 0.6) is 11.5 Å². The molecule has 0 aliphatic rings. The number of hydrogen-bond donors (Lipinski definition) is 2. The third-order valence-electron chi connectivity index (χ3n) is 8.49. The predicted octanol–water partition coefficient (Wildman–Crippen LogP) is 7.12. The van der Waals surface area contributed by atoms with Crippen molar-refractivity contribution in [2.45, 2.75) is 130 Å². The van der Waals surface area contributed by atoms with Crippen molar-refractivity contribution in [2.75, 3.05) is 0 Å². The number of benzene rings is 2. The second-order valence-electron chi connectivity index (χ2n) is 12.2. The molecule has 0 spiro atoms. The number of aromatic hydroxyl groups is 2. The normalized spacial score (nSPS) is 13.3. The Morgan fingerprint density at radius 2 is 1.02 bits per heavy atom. The van der Waals surface area contributed by atoms with E-state index in [0.29, 0.717) is 22.3 Å². The number of rotatable bonds is 14. The summed E-state index contributed by atoms with van der Waals surface area (Å²) in [4.78, 5) is 25.6. The second kappa shape index (κ2) is 15.1. The van der Waals surface area contributed by atoms with Gasteiger partial charge in [-0.05, 0) is 96.9 Å². The number of aryl methyl sites for hydroxylation is 2. The van der Waals surface area contributed by atoms with Gasteiger partial charge < -0.3 is 19.7 Å². The van der Waals surface area contributed by atoms with Crippen LogP contribution in [-0.2, 0) is 42.1 Å². The Morgan fingerprint density at radius 3 is 1.30 bits per heavy atom. The Bertz CT molecular complexity index is 1320. The first-order chi connectivity index (χ1) is 20.0. The summed E-state index contributed by atoms with van der Waals surface area (Å²) in [7, 11) is -3.88. The molecule has 9 heteroatoms. The Balaban J connectivity index is 2.09. The third kappa shape index (κ3) is 8.52. The molecule has 240 valence electrons. The van der Waals surface area contributed by atoms with E-state index in [9.17, 15) is 28.2 Å². The molecule has 0 radical (unpaired) electrons. The smallest absolute Gasteiger partial charge is 0.307 e. The first-order valence-electron chi connectivity index (χ1n) is 15.1. The van der Waals surface area contributed by atoms with Crippen molar-refractivity contribution >= 4 is 21.8 Å². The van der Waals surface area contributed by atoms with Crippen LogP contribution in [0.3, 0.4) is 0 Å². The first-order valence-corrected chi connectivity index (χ1v) is 16.8. The number of esters is 2. The Kier molecular flexibility index (Phi) is 12.7. The molecule has 2 aromatic carbocycles. The summed E-state index contributed by atoms with van der Waals surface area (Å²) in [6, 6.07) is 3.76. The summed E-state index contributed by atoms with van der Waals surface area (Å²) in [6.07, 6.45) is -0.299. The number of phenols is 2. The number of phenolic OH excluding ortho intramolecular Hbond substituents is 2. The summed E-state index contributed by atoms with van der Waals surface area (Å²) in [5, 5.41) is 19.2. The van der Waals surface area contributed by atoms with Crippen LogP contribution in [0.4, 0.5) is 0 Å². The molecule has 0 amide bonds. The molecule has 0 saturated heterocycles. The van der Waals surface area contributed by atoms with E-state index in [-0.39, 0.29) is 62.2 Å². The average molecular weight is 619 g/mol. The highest BCUT2D eigenvalue weighted by molar-refractivity contribution is 7.92. The summed E-state index contributed by atoms with van der Waals surface area (Å²) < 4.78 is 38.0. The average Bonchev–Trinajstić information content (AvgIpc) is 2.93. The lowest BCUT2D eigenvalue weighted by molar-refractivity contribution is -0.145. The van der Waals surface area contributed by atoms with Crippen LogP contribution in [0.15, 0.2) is 12.1 Å². The van der Waals surface area contributed by atoms with Gasteiger partial charge in [-0.3, -0.25) is 9.59 Å². The minimum Gasteiger partial charge on any atom is -0.507 e. The van der Waals surface area contributed by atoms with Gasteiger partial charge in [-0.25, -0.2) is 8.42 Å². The van der Waals surface area contributed by atoms with Crippen LogP contribution in [0.25, 0.3) is 0 Å². The van der Waals surface area contributed by atoms with Crippen molar-refractivity contribution in [1.82, 2.24) is 0 Å². The molecular formula is C34H50O8S. The second-order valence-corrected chi connectivity index (χ2v) is 14.7. The van der Waals surface area contributed by atoms with Crippen LogP contribution in [0.1, 0.15) is 124 Å². The van der Waals surface area contributed by atoms with Gasteiger partial charge in [0.05, 0.1) is 23.3 Å². The summed E-state index contributed by atoms with van der Waals surface area (Å²) in [5.41, 5.74) is 6.06. The highest BCUT2D eigenvalue weighted by Crippen LogP contribution is 2.35. The van der Waals surface area contributed by atoms with E-state index >= 15 is 0 Å². The number of carbonyl (C=O) groups is 2. The molecule has 2 unspecified atom stereocenters. The third-order valence-corrected chi connectivity index (χ3v) is 11.3. The molecule has 0 aromatic heterocycles. The molecule has 8 nitrogen and oxygen atoms in total. The molecule has 0 aliphatic heterocycles. The van der Waals surface area contributed by atoms with E-state index in [1.165, 1.54) is 0 Å². The van der Waals surface area contributed by atoms with E-state index < -0.39 is 32.3 Å². The fourth-order valence-electron chi connectivity index (χ4n) is 5.46. The zero-order valence-electron chi connectivity index (χ0n) is 27.5. The van der Waals surface area contributed by atoms with Crippen molar-refractivity contribution < 1.29 is 37.7 Å². The number of ether oxygens (including phenoxy) is 2. The van der Waals surface area contributed by atoms with Gasteiger partial charge in [0, 0.05) is 0 Å². The minimum atomic E-state index is -3.88. The summed E-state index contributed by atoms with van der Waals surface area (Å²) in [6.45, 7) is 18.5. The lowest BCUT2D eigenvalue weighted by Gasteiger charge is -2.23.